The molecule has 0 saturated carbocycles. The highest BCUT2D eigenvalue weighted by Gasteiger charge is 2.42. The third kappa shape index (κ3) is 2.97. The van der Waals surface area contributed by atoms with Crippen molar-refractivity contribution in [2.45, 2.75) is 52.5 Å². The molecular weight excluding hydrogens is 340 g/mol. The van der Waals surface area contributed by atoms with Gasteiger partial charge in [-0.3, -0.25) is 0 Å². The number of fused-ring (bicyclic) bond motifs is 3. The van der Waals surface area contributed by atoms with Gasteiger partial charge < -0.3 is 0 Å². The van der Waals surface area contributed by atoms with Crippen LogP contribution in [0.2, 0.25) is 0 Å². The Hall–Kier alpha value is -2.74. The van der Waals surface area contributed by atoms with E-state index in [9.17, 15) is 0 Å². The molecule has 4 rings (SSSR count). The Morgan fingerprint density at radius 1 is 1.11 bits per heavy atom. The van der Waals surface area contributed by atoms with E-state index in [1.807, 2.05) is 6.33 Å². The Balaban J connectivity index is 1.94. The molecule has 0 bridgehead atoms. The molecule has 0 saturated heterocycles. The topological polar surface area (TPSA) is 16.8 Å². The summed E-state index contributed by atoms with van der Waals surface area (Å²) in [5, 5.41) is 0. The van der Waals surface area contributed by atoms with Crippen molar-refractivity contribution in [3.8, 4) is 22.5 Å². The van der Waals surface area contributed by atoms with Crippen molar-refractivity contribution >= 4 is 0 Å². The zero-order valence-corrected chi connectivity index (χ0v) is 17.4. The zero-order chi connectivity index (χ0) is 19.9. The molecule has 2 heteroatoms. The molecule has 0 radical (unpaired) electrons. The first-order valence-corrected chi connectivity index (χ1v) is 10.2. The van der Waals surface area contributed by atoms with Gasteiger partial charge in [-0.15, -0.1) is 0 Å². The maximum Gasteiger partial charge on any atom is 0.287 e. The molecule has 0 fully saturated rings. The highest BCUT2D eigenvalue weighted by molar-refractivity contribution is 5.71. The van der Waals surface area contributed by atoms with Crippen LogP contribution in [0.25, 0.3) is 22.5 Å². The van der Waals surface area contributed by atoms with Crippen LogP contribution < -0.4 is 4.57 Å². The van der Waals surface area contributed by atoms with Crippen LogP contribution in [0.15, 0.2) is 67.0 Å². The first-order valence-electron chi connectivity index (χ1n) is 10.2. The molecule has 2 heterocycles. The third-order valence-corrected chi connectivity index (χ3v) is 6.13. The highest BCUT2D eigenvalue weighted by atomic mass is 15.0. The second-order valence-electron chi connectivity index (χ2n) is 8.32. The summed E-state index contributed by atoms with van der Waals surface area (Å²) in [6, 6.07) is 17.7. The van der Waals surface area contributed by atoms with E-state index in [-0.39, 0.29) is 5.41 Å². The summed E-state index contributed by atoms with van der Waals surface area (Å²) in [6.45, 7) is 14.0. The molecular formula is C26H29N2+. The van der Waals surface area contributed by atoms with Crippen molar-refractivity contribution < 1.29 is 4.57 Å². The van der Waals surface area contributed by atoms with E-state index in [0.29, 0.717) is 0 Å². The van der Waals surface area contributed by atoms with Crippen LogP contribution in [0.1, 0.15) is 43.4 Å². The quantitative estimate of drug-likeness (QED) is 0.410. The fourth-order valence-electron chi connectivity index (χ4n) is 4.65. The molecule has 3 aromatic rings. The van der Waals surface area contributed by atoms with Crippen LogP contribution in [0.5, 0.6) is 0 Å². The molecule has 0 N–H and O–H groups in total. The summed E-state index contributed by atoms with van der Waals surface area (Å²) >= 11 is 0. The number of nitrogens with zero attached hydrogens (tertiary/aromatic N) is 2. The molecule has 1 atom stereocenters. The summed E-state index contributed by atoms with van der Waals surface area (Å²) in [5.74, 6) is 0. The Labute approximate surface area is 168 Å². The lowest BCUT2D eigenvalue weighted by Gasteiger charge is -2.39. The number of benzene rings is 2. The van der Waals surface area contributed by atoms with E-state index in [1.165, 1.54) is 39.1 Å². The van der Waals surface area contributed by atoms with E-state index in [4.69, 9.17) is 4.98 Å². The van der Waals surface area contributed by atoms with Crippen molar-refractivity contribution in [1.29, 1.82) is 0 Å². The lowest BCUT2D eigenvalue weighted by Crippen LogP contribution is -2.51. The van der Waals surface area contributed by atoms with Crippen LogP contribution in [0.3, 0.4) is 0 Å². The van der Waals surface area contributed by atoms with Gasteiger partial charge in [0.1, 0.15) is 12.2 Å². The van der Waals surface area contributed by atoms with Gasteiger partial charge >= 0.3 is 0 Å². The molecule has 0 aliphatic carbocycles. The number of aryl methyl sites for hydroxylation is 2. The van der Waals surface area contributed by atoms with Crippen LogP contribution in [-0.2, 0) is 12.0 Å². The van der Waals surface area contributed by atoms with Crippen LogP contribution in [0, 0.1) is 13.8 Å². The first kappa shape index (κ1) is 18.6. The lowest BCUT2D eigenvalue weighted by atomic mass is 9.68. The number of rotatable bonds is 4. The van der Waals surface area contributed by atoms with Crippen LogP contribution >= 0.6 is 0 Å². The van der Waals surface area contributed by atoms with Crippen molar-refractivity contribution in [1.82, 2.24) is 4.98 Å². The Bertz CT molecular complexity index is 1060. The van der Waals surface area contributed by atoms with Gasteiger partial charge in [0.2, 0.25) is 0 Å². The Morgan fingerprint density at radius 3 is 2.61 bits per heavy atom. The van der Waals surface area contributed by atoms with Crippen molar-refractivity contribution in [2.24, 2.45) is 0 Å². The summed E-state index contributed by atoms with van der Waals surface area (Å²) in [5.41, 5.74) is 9.93. The number of allylic oxidation sites excluding steroid dienone is 1. The van der Waals surface area contributed by atoms with Gasteiger partial charge in [0.25, 0.3) is 6.33 Å². The molecule has 28 heavy (non-hydrogen) atoms. The molecule has 1 aromatic heterocycles. The molecule has 0 spiro atoms. The molecule has 1 aliphatic rings. The summed E-state index contributed by atoms with van der Waals surface area (Å²) < 4.78 is 2.32. The first-order chi connectivity index (χ1) is 13.4. The fourth-order valence-corrected chi connectivity index (χ4v) is 4.65. The predicted molar refractivity (Wildman–Crippen MR) is 116 cm³/mol. The standard InChI is InChI=1S/C26H29N2/c1-6-12-26(18(2)3)16-28-17-27-24(21-9-7-8-19(4)13-21)15-25(28)22-14-20(5)10-11-23(22)26/h7-11,13-15,17H,2,6,12,16H2,1,3-5H3/q+1. The minimum absolute atomic E-state index is 0.0258. The fraction of sp³-hybridized carbons (Fsp3) is 0.308. The maximum absolute atomic E-state index is 4.82. The van der Waals surface area contributed by atoms with Crippen LogP contribution in [-0.4, -0.2) is 4.98 Å². The van der Waals surface area contributed by atoms with Gasteiger partial charge in [0, 0.05) is 17.2 Å². The van der Waals surface area contributed by atoms with Gasteiger partial charge in [-0.2, -0.15) is 0 Å². The van der Waals surface area contributed by atoms with Crippen molar-refractivity contribution in [3.05, 3.63) is 83.7 Å². The summed E-state index contributed by atoms with van der Waals surface area (Å²) in [6.07, 6.45) is 4.25. The normalized spacial score (nSPS) is 17.7. The summed E-state index contributed by atoms with van der Waals surface area (Å²) in [4.78, 5) is 4.82. The maximum atomic E-state index is 4.82. The van der Waals surface area contributed by atoms with E-state index < -0.39 is 0 Å². The number of hydrogen-bond donors (Lipinski definition) is 0. The van der Waals surface area contributed by atoms with Gasteiger partial charge in [0.15, 0.2) is 5.69 Å². The molecule has 2 nitrogen and oxygen atoms in total. The second-order valence-corrected chi connectivity index (χ2v) is 8.32. The van der Waals surface area contributed by atoms with E-state index in [0.717, 1.165) is 25.1 Å². The molecule has 1 unspecified atom stereocenters. The Kier molecular flexibility index (Phi) is 4.66. The van der Waals surface area contributed by atoms with Gasteiger partial charge in [-0.1, -0.05) is 67.0 Å². The average Bonchev–Trinajstić information content (AvgIpc) is 2.67. The van der Waals surface area contributed by atoms with Gasteiger partial charge in [-0.05, 0) is 49.9 Å². The van der Waals surface area contributed by atoms with Crippen molar-refractivity contribution in [3.63, 3.8) is 0 Å². The minimum Gasteiger partial charge on any atom is -0.229 e. The van der Waals surface area contributed by atoms with E-state index in [2.05, 4.69) is 87.4 Å². The Morgan fingerprint density at radius 2 is 1.89 bits per heavy atom. The zero-order valence-electron chi connectivity index (χ0n) is 17.4. The number of hydrogen-bond acceptors (Lipinski definition) is 1. The monoisotopic (exact) mass is 369 g/mol. The van der Waals surface area contributed by atoms with Crippen LogP contribution in [0.4, 0.5) is 0 Å². The average molecular weight is 370 g/mol. The van der Waals surface area contributed by atoms with Gasteiger partial charge in [-0.25, -0.2) is 4.57 Å². The molecule has 0 amide bonds. The van der Waals surface area contributed by atoms with Gasteiger partial charge in [0.05, 0.1) is 5.41 Å². The lowest BCUT2D eigenvalue weighted by molar-refractivity contribution is -0.698. The number of aromatic nitrogens is 2. The largest absolute Gasteiger partial charge is 0.287 e. The summed E-state index contributed by atoms with van der Waals surface area (Å²) in [7, 11) is 0. The highest BCUT2D eigenvalue weighted by Crippen LogP contribution is 2.44. The molecule has 142 valence electrons. The van der Waals surface area contributed by atoms with E-state index in [1.54, 1.807) is 0 Å². The SMILES string of the molecule is C=C(C)C1(CCC)C[n+]2cnc(-c3cccc(C)c3)cc2-c2cc(C)ccc21. The minimum atomic E-state index is -0.0258. The smallest absolute Gasteiger partial charge is 0.229 e. The van der Waals surface area contributed by atoms with Crippen molar-refractivity contribution in [2.75, 3.05) is 0 Å². The molecule has 1 aliphatic heterocycles. The van der Waals surface area contributed by atoms with E-state index >= 15 is 0 Å². The second kappa shape index (κ2) is 7.01. The predicted octanol–water partition coefficient (Wildman–Crippen LogP) is 5.95. The molecule has 2 aromatic carbocycles. The third-order valence-electron chi connectivity index (χ3n) is 6.13.